The first-order chi connectivity index (χ1) is 9.61. The Morgan fingerprint density at radius 2 is 2.00 bits per heavy atom. The van der Waals surface area contributed by atoms with E-state index in [-0.39, 0.29) is 0 Å². The largest absolute Gasteiger partial charge is 0.367 e. The lowest BCUT2D eigenvalue weighted by Crippen LogP contribution is -2.10. The Balaban J connectivity index is 2.05. The number of nitrogens with one attached hydrogen (secondary N) is 1. The van der Waals surface area contributed by atoms with Gasteiger partial charge in [0.1, 0.15) is 11.6 Å². The van der Waals surface area contributed by atoms with Crippen LogP contribution in [0.25, 0.3) is 0 Å². The van der Waals surface area contributed by atoms with Gasteiger partial charge in [0.15, 0.2) is 5.82 Å². The summed E-state index contributed by atoms with van der Waals surface area (Å²) in [7, 11) is 0. The van der Waals surface area contributed by atoms with E-state index in [1.54, 1.807) is 0 Å². The summed E-state index contributed by atoms with van der Waals surface area (Å²) in [6, 6.07) is 10.6. The van der Waals surface area contributed by atoms with Gasteiger partial charge in [-0.1, -0.05) is 29.8 Å². The summed E-state index contributed by atoms with van der Waals surface area (Å²) >= 11 is 0. The average molecular weight is 266 g/mol. The zero-order valence-corrected chi connectivity index (χ0v) is 12.1. The molecular formula is C16H18N4. The van der Waals surface area contributed by atoms with Crippen molar-refractivity contribution in [3.05, 3.63) is 52.2 Å². The number of nitrogens with zero attached hydrogens (tertiary/aromatic N) is 3. The van der Waals surface area contributed by atoms with Crippen LogP contribution in [-0.2, 0) is 6.42 Å². The second kappa shape index (κ2) is 6.16. The van der Waals surface area contributed by atoms with Crippen LogP contribution in [0.4, 0.5) is 5.82 Å². The zero-order chi connectivity index (χ0) is 14.5. The highest BCUT2D eigenvalue weighted by Crippen LogP contribution is 2.17. The first kappa shape index (κ1) is 14.0. The van der Waals surface area contributed by atoms with Crippen LogP contribution in [0.1, 0.15) is 27.9 Å². The highest BCUT2D eigenvalue weighted by Gasteiger charge is 2.09. The maximum Gasteiger partial charge on any atom is 0.166 e. The van der Waals surface area contributed by atoms with E-state index in [0.29, 0.717) is 11.4 Å². The van der Waals surface area contributed by atoms with E-state index in [1.165, 1.54) is 11.1 Å². The number of hydrogen-bond acceptors (Lipinski definition) is 4. The lowest BCUT2D eigenvalue weighted by atomic mass is 10.1. The first-order valence-electron chi connectivity index (χ1n) is 6.65. The fourth-order valence-electron chi connectivity index (χ4n) is 2.06. The molecule has 0 saturated carbocycles. The van der Waals surface area contributed by atoms with Gasteiger partial charge in [0.25, 0.3) is 0 Å². The maximum absolute atomic E-state index is 9.22. The molecule has 0 amide bonds. The lowest BCUT2D eigenvalue weighted by molar-refractivity contribution is 0.927. The molecular weight excluding hydrogens is 248 g/mol. The third-order valence-corrected chi connectivity index (χ3v) is 3.35. The average Bonchev–Trinajstić information content (AvgIpc) is 2.43. The van der Waals surface area contributed by atoms with Crippen molar-refractivity contribution < 1.29 is 0 Å². The van der Waals surface area contributed by atoms with Gasteiger partial charge in [-0.3, -0.25) is 0 Å². The molecule has 0 saturated heterocycles. The lowest BCUT2D eigenvalue weighted by Gasteiger charge is -2.09. The molecule has 0 aliphatic heterocycles. The van der Waals surface area contributed by atoms with Gasteiger partial charge >= 0.3 is 0 Å². The topological polar surface area (TPSA) is 61.6 Å². The van der Waals surface area contributed by atoms with Crippen molar-refractivity contribution in [2.45, 2.75) is 27.2 Å². The molecule has 0 atom stereocenters. The number of aryl methyl sites for hydroxylation is 2. The van der Waals surface area contributed by atoms with Crippen molar-refractivity contribution in [2.75, 3.05) is 11.9 Å². The molecule has 0 aliphatic carbocycles. The molecule has 1 aromatic heterocycles. The van der Waals surface area contributed by atoms with E-state index >= 15 is 0 Å². The normalized spacial score (nSPS) is 10.1. The Hall–Kier alpha value is -2.41. The summed E-state index contributed by atoms with van der Waals surface area (Å²) in [5.74, 6) is 0.572. The highest BCUT2D eigenvalue weighted by molar-refractivity contribution is 5.55. The highest BCUT2D eigenvalue weighted by atomic mass is 15.2. The van der Waals surface area contributed by atoms with Gasteiger partial charge in [-0.2, -0.15) is 10.4 Å². The summed E-state index contributed by atoms with van der Waals surface area (Å²) in [6.45, 7) is 6.57. The fourth-order valence-corrected chi connectivity index (χ4v) is 2.06. The molecule has 0 spiro atoms. The number of hydrogen-bond donors (Lipinski definition) is 1. The zero-order valence-electron chi connectivity index (χ0n) is 12.1. The molecule has 4 nitrogen and oxygen atoms in total. The maximum atomic E-state index is 9.22. The number of aromatic nitrogens is 2. The molecule has 0 unspecified atom stereocenters. The van der Waals surface area contributed by atoms with Crippen LogP contribution < -0.4 is 5.32 Å². The van der Waals surface area contributed by atoms with Crippen molar-refractivity contribution in [3.8, 4) is 6.07 Å². The van der Waals surface area contributed by atoms with Crippen molar-refractivity contribution in [1.82, 2.24) is 10.2 Å². The molecule has 1 N–H and O–H groups in total. The first-order valence-corrected chi connectivity index (χ1v) is 6.65. The van der Waals surface area contributed by atoms with Crippen molar-refractivity contribution >= 4 is 5.82 Å². The quantitative estimate of drug-likeness (QED) is 0.924. The summed E-state index contributed by atoms with van der Waals surface area (Å²) in [4.78, 5) is 0. The third kappa shape index (κ3) is 3.12. The molecule has 0 radical (unpaired) electrons. The molecule has 4 heteroatoms. The predicted octanol–water partition coefficient (Wildman–Crippen LogP) is 2.93. The Bertz CT molecular complexity index is 656. The van der Waals surface area contributed by atoms with Crippen LogP contribution >= 0.6 is 0 Å². The molecule has 0 fully saturated rings. The molecule has 102 valence electrons. The molecule has 1 heterocycles. The molecule has 0 aliphatic rings. The third-order valence-electron chi connectivity index (χ3n) is 3.35. The number of anilines is 1. The standard InChI is InChI=1S/C16H18N4/c1-11-5-4-6-14(9-11)7-8-18-16-15(10-17)12(2)13(3)19-20-16/h4-6,9H,7-8H2,1-3H3,(H,18,20). The minimum absolute atomic E-state index is 0.572. The van der Waals surface area contributed by atoms with Crippen LogP contribution in [0.5, 0.6) is 0 Å². The molecule has 2 rings (SSSR count). The molecule has 0 bridgehead atoms. The van der Waals surface area contributed by atoms with Crippen molar-refractivity contribution in [2.24, 2.45) is 0 Å². The summed E-state index contributed by atoms with van der Waals surface area (Å²) in [6.07, 6.45) is 0.890. The van der Waals surface area contributed by atoms with E-state index < -0.39 is 0 Å². The van der Waals surface area contributed by atoms with E-state index in [9.17, 15) is 5.26 Å². The second-order valence-corrected chi connectivity index (χ2v) is 4.91. The SMILES string of the molecule is Cc1cccc(CCNc2nnc(C)c(C)c2C#N)c1. The Morgan fingerprint density at radius 1 is 1.20 bits per heavy atom. The van der Waals surface area contributed by atoms with E-state index in [2.05, 4.69) is 52.8 Å². The minimum Gasteiger partial charge on any atom is -0.367 e. The van der Waals surface area contributed by atoms with Gasteiger partial charge in [-0.05, 0) is 38.3 Å². The number of benzene rings is 1. The van der Waals surface area contributed by atoms with Gasteiger partial charge < -0.3 is 5.32 Å². The monoisotopic (exact) mass is 266 g/mol. The summed E-state index contributed by atoms with van der Waals surface area (Å²) in [5, 5.41) is 20.6. The van der Waals surface area contributed by atoms with Gasteiger partial charge in [0.05, 0.1) is 5.69 Å². The predicted molar refractivity (Wildman–Crippen MR) is 79.6 cm³/mol. The van der Waals surface area contributed by atoms with Crippen LogP contribution in [-0.4, -0.2) is 16.7 Å². The van der Waals surface area contributed by atoms with Crippen molar-refractivity contribution in [1.29, 1.82) is 5.26 Å². The van der Waals surface area contributed by atoms with Gasteiger partial charge in [0, 0.05) is 6.54 Å². The van der Waals surface area contributed by atoms with Crippen LogP contribution in [0.15, 0.2) is 24.3 Å². The molecule has 2 aromatic rings. The van der Waals surface area contributed by atoms with Crippen LogP contribution in [0, 0.1) is 32.1 Å². The fraction of sp³-hybridized carbons (Fsp3) is 0.312. The summed E-state index contributed by atoms with van der Waals surface area (Å²) < 4.78 is 0. The van der Waals surface area contributed by atoms with E-state index in [0.717, 1.165) is 24.2 Å². The Labute approximate surface area is 119 Å². The number of rotatable bonds is 4. The second-order valence-electron chi connectivity index (χ2n) is 4.91. The smallest absolute Gasteiger partial charge is 0.166 e. The van der Waals surface area contributed by atoms with Crippen LogP contribution in [0.2, 0.25) is 0 Å². The Kier molecular flexibility index (Phi) is 4.31. The van der Waals surface area contributed by atoms with E-state index in [1.807, 2.05) is 13.8 Å². The van der Waals surface area contributed by atoms with Crippen molar-refractivity contribution in [3.63, 3.8) is 0 Å². The van der Waals surface area contributed by atoms with Gasteiger partial charge in [0.2, 0.25) is 0 Å². The Morgan fingerprint density at radius 3 is 2.70 bits per heavy atom. The minimum atomic E-state index is 0.572. The molecule has 1 aromatic carbocycles. The number of nitriles is 1. The van der Waals surface area contributed by atoms with Crippen LogP contribution in [0.3, 0.4) is 0 Å². The van der Waals surface area contributed by atoms with Gasteiger partial charge in [-0.15, -0.1) is 5.10 Å². The van der Waals surface area contributed by atoms with Gasteiger partial charge in [-0.25, -0.2) is 0 Å². The molecule has 20 heavy (non-hydrogen) atoms. The summed E-state index contributed by atoms with van der Waals surface area (Å²) in [5.41, 5.74) is 4.80. The van der Waals surface area contributed by atoms with E-state index in [4.69, 9.17) is 0 Å².